The first-order valence-electron chi connectivity index (χ1n) is 9.77. The molecule has 8 nitrogen and oxygen atoms in total. The van der Waals surface area contributed by atoms with Crippen molar-refractivity contribution in [3.63, 3.8) is 0 Å². The third kappa shape index (κ3) is 5.35. The van der Waals surface area contributed by atoms with Crippen LogP contribution in [-0.4, -0.2) is 95.2 Å². The van der Waals surface area contributed by atoms with Gasteiger partial charge in [-0.15, -0.1) is 0 Å². The van der Waals surface area contributed by atoms with Crippen molar-refractivity contribution in [3.8, 4) is 17.2 Å². The molecule has 1 unspecified atom stereocenters. The molecule has 156 valence electrons. The fraction of sp³-hybridized carbons (Fsp3) is 0.650. The predicted molar refractivity (Wildman–Crippen MR) is 103 cm³/mol. The van der Waals surface area contributed by atoms with Crippen LogP contribution in [0, 0.1) is 0 Å². The number of carbonyl (C=O) groups is 1. The molecule has 2 heterocycles. The van der Waals surface area contributed by atoms with Gasteiger partial charge in [0.25, 0.3) is 0 Å². The number of rotatable bonds is 8. The van der Waals surface area contributed by atoms with Gasteiger partial charge in [0.1, 0.15) is 6.04 Å². The van der Waals surface area contributed by atoms with E-state index in [-0.39, 0.29) is 12.0 Å². The number of methoxy groups -OCH3 is 2. The highest BCUT2D eigenvalue weighted by Crippen LogP contribution is 2.37. The maximum Gasteiger partial charge on any atom is 0.329 e. The molecule has 0 N–H and O–H groups in total. The van der Waals surface area contributed by atoms with Crippen molar-refractivity contribution < 1.29 is 28.5 Å². The highest BCUT2D eigenvalue weighted by atomic mass is 16.6. The first kappa shape index (κ1) is 20.9. The Kier molecular flexibility index (Phi) is 7.90. The van der Waals surface area contributed by atoms with Crippen molar-refractivity contribution >= 4 is 5.97 Å². The summed E-state index contributed by atoms with van der Waals surface area (Å²) in [6.45, 7) is 6.77. The normalized spacial score (nSPS) is 19.8. The average molecular weight is 394 g/mol. The molecule has 1 aromatic carbocycles. The van der Waals surface area contributed by atoms with Crippen LogP contribution in [0.4, 0.5) is 0 Å². The van der Waals surface area contributed by atoms with E-state index in [1.54, 1.807) is 32.4 Å². The molecule has 2 saturated heterocycles. The molecule has 0 bridgehead atoms. The van der Waals surface area contributed by atoms with Crippen LogP contribution in [-0.2, 0) is 14.3 Å². The lowest BCUT2D eigenvalue weighted by Crippen LogP contribution is -2.50. The summed E-state index contributed by atoms with van der Waals surface area (Å²) in [6.07, 6.45) is 0.691. The van der Waals surface area contributed by atoms with Gasteiger partial charge >= 0.3 is 5.97 Å². The smallest absolute Gasteiger partial charge is 0.329 e. The highest BCUT2D eigenvalue weighted by Gasteiger charge is 2.31. The standard InChI is InChI=1S/C20H30N2O6/c1-24-17-4-3-5-18(25-2)19(17)28-20(23)16(22-10-14-27-15-11-22)6-7-21-8-12-26-13-9-21/h3-5,16H,6-15H2,1-2H3. The zero-order valence-corrected chi connectivity index (χ0v) is 16.7. The summed E-state index contributed by atoms with van der Waals surface area (Å²) in [6, 6.07) is 4.96. The second-order valence-corrected chi connectivity index (χ2v) is 6.82. The summed E-state index contributed by atoms with van der Waals surface area (Å²) < 4.78 is 27.4. The van der Waals surface area contributed by atoms with Gasteiger partial charge < -0.3 is 23.7 Å². The minimum atomic E-state index is -0.346. The minimum Gasteiger partial charge on any atom is -0.493 e. The predicted octanol–water partition coefficient (Wildman–Crippen LogP) is 1.03. The Morgan fingerprint density at radius 2 is 1.57 bits per heavy atom. The third-order valence-electron chi connectivity index (χ3n) is 5.17. The van der Waals surface area contributed by atoms with E-state index in [9.17, 15) is 4.79 Å². The van der Waals surface area contributed by atoms with Crippen LogP contribution in [0.5, 0.6) is 17.2 Å². The maximum absolute atomic E-state index is 13.2. The fourth-order valence-electron chi connectivity index (χ4n) is 3.55. The van der Waals surface area contributed by atoms with Gasteiger partial charge in [-0.05, 0) is 18.6 Å². The van der Waals surface area contributed by atoms with Crippen LogP contribution in [0.25, 0.3) is 0 Å². The first-order valence-corrected chi connectivity index (χ1v) is 9.77. The van der Waals surface area contributed by atoms with Crippen LogP contribution >= 0.6 is 0 Å². The summed E-state index contributed by atoms with van der Waals surface area (Å²) in [7, 11) is 3.09. The van der Waals surface area contributed by atoms with E-state index in [0.717, 1.165) is 32.8 Å². The van der Waals surface area contributed by atoms with E-state index >= 15 is 0 Å². The molecule has 2 aliphatic heterocycles. The van der Waals surface area contributed by atoms with E-state index in [1.165, 1.54) is 0 Å². The van der Waals surface area contributed by atoms with Crippen molar-refractivity contribution in [2.75, 3.05) is 73.4 Å². The SMILES string of the molecule is COc1cccc(OC)c1OC(=O)C(CCN1CCOCC1)N1CCOCC1. The summed E-state index contributed by atoms with van der Waals surface area (Å²) in [5.74, 6) is 0.975. The second-order valence-electron chi connectivity index (χ2n) is 6.82. The zero-order chi connectivity index (χ0) is 19.8. The Bertz CT molecular complexity index is 607. The van der Waals surface area contributed by atoms with Crippen molar-refractivity contribution in [3.05, 3.63) is 18.2 Å². The minimum absolute atomic E-state index is 0.294. The molecule has 0 aliphatic carbocycles. The molecule has 1 aromatic rings. The molecule has 0 saturated carbocycles. The molecule has 1 atom stereocenters. The van der Waals surface area contributed by atoms with Gasteiger partial charge in [-0.1, -0.05) is 6.07 Å². The summed E-state index contributed by atoms with van der Waals surface area (Å²) >= 11 is 0. The Balaban J connectivity index is 1.72. The van der Waals surface area contributed by atoms with Crippen LogP contribution < -0.4 is 14.2 Å². The van der Waals surface area contributed by atoms with Gasteiger partial charge in [-0.25, -0.2) is 4.79 Å². The van der Waals surface area contributed by atoms with Crippen LogP contribution in [0.1, 0.15) is 6.42 Å². The van der Waals surface area contributed by atoms with Gasteiger partial charge in [-0.2, -0.15) is 0 Å². The lowest BCUT2D eigenvalue weighted by atomic mass is 10.1. The Morgan fingerprint density at radius 1 is 1.00 bits per heavy atom. The van der Waals surface area contributed by atoms with Gasteiger partial charge in [0.15, 0.2) is 11.5 Å². The number of ether oxygens (including phenoxy) is 5. The summed E-state index contributed by atoms with van der Waals surface area (Å²) in [5.41, 5.74) is 0. The fourth-order valence-corrected chi connectivity index (χ4v) is 3.55. The molecule has 0 radical (unpaired) electrons. The molecule has 28 heavy (non-hydrogen) atoms. The van der Waals surface area contributed by atoms with Crippen LogP contribution in [0.3, 0.4) is 0 Å². The highest BCUT2D eigenvalue weighted by molar-refractivity contribution is 5.80. The van der Waals surface area contributed by atoms with Crippen LogP contribution in [0.15, 0.2) is 18.2 Å². The van der Waals surface area contributed by atoms with E-state index in [2.05, 4.69) is 9.80 Å². The number of benzene rings is 1. The largest absolute Gasteiger partial charge is 0.493 e. The Hall–Kier alpha value is -1.87. The second kappa shape index (κ2) is 10.6. The first-order chi connectivity index (χ1) is 13.7. The molecular formula is C20H30N2O6. The molecule has 3 rings (SSSR count). The monoisotopic (exact) mass is 394 g/mol. The molecular weight excluding hydrogens is 364 g/mol. The van der Waals surface area contributed by atoms with Gasteiger partial charge in [0.05, 0.1) is 40.6 Å². The Labute approximate surface area is 166 Å². The number of carbonyl (C=O) groups excluding carboxylic acids is 1. The number of morpholine rings is 2. The number of para-hydroxylation sites is 1. The van der Waals surface area contributed by atoms with Gasteiger partial charge in [0, 0.05) is 32.7 Å². The third-order valence-corrected chi connectivity index (χ3v) is 5.17. The average Bonchev–Trinajstić information content (AvgIpc) is 2.75. The molecule has 8 heteroatoms. The zero-order valence-electron chi connectivity index (χ0n) is 16.7. The quantitative estimate of drug-likeness (QED) is 0.478. The lowest BCUT2D eigenvalue weighted by molar-refractivity contribution is -0.143. The molecule has 2 aliphatic rings. The van der Waals surface area contributed by atoms with Crippen molar-refractivity contribution in [2.45, 2.75) is 12.5 Å². The topological polar surface area (TPSA) is 69.7 Å². The molecule has 2 fully saturated rings. The number of hydrogen-bond donors (Lipinski definition) is 0. The Morgan fingerprint density at radius 3 is 2.14 bits per heavy atom. The summed E-state index contributed by atoms with van der Waals surface area (Å²) in [5, 5.41) is 0. The number of hydrogen-bond acceptors (Lipinski definition) is 8. The van der Waals surface area contributed by atoms with Crippen molar-refractivity contribution in [1.29, 1.82) is 0 Å². The molecule has 0 aromatic heterocycles. The lowest BCUT2D eigenvalue weighted by Gasteiger charge is -2.35. The van der Waals surface area contributed by atoms with Gasteiger partial charge in [0.2, 0.25) is 5.75 Å². The summed E-state index contributed by atoms with van der Waals surface area (Å²) in [4.78, 5) is 17.6. The maximum atomic E-state index is 13.2. The van der Waals surface area contributed by atoms with E-state index in [1.807, 2.05) is 0 Å². The van der Waals surface area contributed by atoms with Crippen LogP contribution in [0.2, 0.25) is 0 Å². The van der Waals surface area contributed by atoms with Crippen molar-refractivity contribution in [1.82, 2.24) is 9.80 Å². The van der Waals surface area contributed by atoms with E-state index < -0.39 is 0 Å². The van der Waals surface area contributed by atoms with Gasteiger partial charge in [-0.3, -0.25) is 9.80 Å². The van der Waals surface area contributed by atoms with E-state index in [4.69, 9.17) is 23.7 Å². The number of nitrogens with zero attached hydrogens (tertiary/aromatic N) is 2. The molecule has 0 amide bonds. The molecule has 0 spiro atoms. The van der Waals surface area contributed by atoms with E-state index in [0.29, 0.717) is 50.0 Å². The van der Waals surface area contributed by atoms with Crippen molar-refractivity contribution in [2.24, 2.45) is 0 Å². The number of esters is 1.